The Morgan fingerprint density at radius 1 is 1.25 bits per heavy atom. The van der Waals surface area contributed by atoms with E-state index in [1.165, 1.54) is 12.1 Å². The molecule has 0 saturated carbocycles. The Kier molecular flexibility index (Phi) is 5.56. The minimum atomic E-state index is -4.38. The predicted molar refractivity (Wildman–Crippen MR) is 102 cm³/mol. The minimum Gasteiger partial charge on any atom is -0.380 e. The largest absolute Gasteiger partial charge is 0.416 e. The monoisotopic (exact) mass is 388 g/mol. The van der Waals surface area contributed by atoms with Crippen molar-refractivity contribution in [1.29, 1.82) is 0 Å². The molecular weight excluding hydrogens is 369 g/mol. The van der Waals surface area contributed by atoms with Crippen LogP contribution in [0.2, 0.25) is 0 Å². The zero-order valence-corrected chi connectivity index (χ0v) is 15.2. The van der Waals surface area contributed by atoms with Gasteiger partial charge in [-0.25, -0.2) is 0 Å². The molecule has 0 bridgehead atoms. The van der Waals surface area contributed by atoms with Gasteiger partial charge in [0.05, 0.1) is 12.2 Å². The fourth-order valence-corrected chi connectivity index (χ4v) is 3.09. The van der Waals surface area contributed by atoms with Crippen LogP contribution in [-0.4, -0.2) is 17.6 Å². The van der Waals surface area contributed by atoms with E-state index >= 15 is 0 Å². The number of hydrogen-bond donors (Lipinski definition) is 1. The van der Waals surface area contributed by atoms with Gasteiger partial charge in [0.2, 0.25) is 5.91 Å². The fraction of sp³-hybridized carbons (Fsp3) is 0.190. The van der Waals surface area contributed by atoms with Crippen molar-refractivity contribution in [3.8, 4) is 0 Å². The number of carbonyl (C=O) groups excluding carboxylic acids is 1. The number of ether oxygens (including phenoxy) is 1. The van der Waals surface area contributed by atoms with E-state index in [0.717, 1.165) is 28.6 Å². The highest BCUT2D eigenvalue weighted by molar-refractivity contribution is 6.00. The lowest BCUT2D eigenvalue weighted by Crippen LogP contribution is -2.07. The van der Waals surface area contributed by atoms with Crippen molar-refractivity contribution in [3.05, 3.63) is 78.0 Å². The van der Waals surface area contributed by atoms with Crippen LogP contribution >= 0.6 is 0 Å². The first-order valence-electron chi connectivity index (χ1n) is 8.52. The second-order valence-corrected chi connectivity index (χ2v) is 6.34. The molecule has 3 rings (SSSR count). The number of aromatic nitrogens is 1. The molecule has 0 aliphatic heterocycles. The number of nitrogens with zero attached hydrogens (tertiary/aromatic N) is 1. The maximum Gasteiger partial charge on any atom is 0.416 e. The van der Waals surface area contributed by atoms with Gasteiger partial charge in [-0.3, -0.25) is 4.79 Å². The molecule has 28 heavy (non-hydrogen) atoms. The Bertz CT molecular complexity index is 1020. The molecule has 1 amide bonds. The van der Waals surface area contributed by atoms with Crippen LogP contribution < -0.4 is 5.32 Å². The van der Waals surface area contributed by atoms with Gasteiger partial charge in [-0.2, -0.15) is 13.2 Å². The zero-order valence-electron chi connectivity index (χ0n) is 15.2. The number of carbonyl (C=O) groups is 1. The van der Waals surface area contributed by atoms with Crippen molar-refractivity contribution in [1.82, 2.24) is 4.57 Å². The van der Waals surface area contributed by atoms with E-state index < -0.39 is 11.7 Å². The number of benzene rings is 2. The number of methoxy groups -OCH3 is 1. The topological polar surface area (TPSA) is 43.3 Å². The van der Waals surface area contributed by atoms with Crippen LogP contribution in [0.1, 0.15) is 16.7 Å². The molecule has 1 heterocycles. The summed E-state index contributed by atoms with van der Waals surface area (Å²) in [5.41, 5.74) is 2.18. The second-order valence-electron chi connectivity index (χ2n) is 6.34. The first kappa shape index (κ1) is 19.7. The average molecular weight is 388 g/mol. The standard InChI is InChI=1S/C21H19F3N2O2/c1-3-20(27)25-17-7-8-19-18(10-17)15(13-28-2)12-26(19)11-14-5-4-6-16(9-14)21(22,23)24/h3-10,12H,1,11,13H2,2H3,(H,25,27). The third-order valence-electron chi connectivity index (χ3n) is 4.32. The SMILES string of the molecule is C=CC(=O)Nc1ccc2c(c1)c(COC)cn2Cc1cccc(C(F)(F)F)c1. The van der Waals surface area contributed by atoms with Crippen molar-refractivity contribution in [2.75, 3.05) is 12.4 Å². The summed E-state index contributed by atoms with van der Waals surface area (Å²) in [5, 5.41) is 3.56. The van der Waals surface area contributed by atoms with Gasteiger partial charge < -0.3 is 14.6 Å². The lowest BCUT2D eigenvalue weighted by Gasteiger charge is -2.10. The molecule has 1 N–H and O–H groups in total. The van der Waals surface area contributed by atoms with Gasteiger partial charge >= 0.3 is 6.18 Å². The summed E-state index contributed by atoms with van der Waals surface area (Å²) in [6, 6.07) is 10.7. The van der Waals surface area contributed by atoms with Gasteiger partial charge in [0.25, 0.3) is 0 Å². The van der Waals surface area contributed by atoms with Gasteiger partial charge in [-0.1, -0.05) is 18.7 Å². The minimum absolute atomic E-state index is 0.280. The van der Waals surface area contributed by atoms with E-state index in [1.54, 1.807) is 19.2 Å². The molecule has 0 unspecified atom stereocenters. The summed E-state index contributed by atoms with van der Waals surface area (Å²) < 4.78 is 46.0. The third-order valence-corrected chi connectivity index (χ3v) is 4.32. The first-order chi connectivity index (χ1) is 13.3. The van der Waals surface area contributed by atoms with Crippen LogP contribution in [0.15, 0.2) is 61.3 Å². The van der Waals surface area contributed by atoms with Crippen molar-refractivity contribution in [2.24, 2.45) is 0 Å². The Morgan fingerprint density at radius 2 is 2.04 bits per heavy atom. The van der Waals surface area contributed by atoms with Crippen molar-refractivity contribution in [3.63, 3.8) is 0 Å². The predicted octanol–water partition coefficient (Wildman–Crippen LogP) is 4.98. The molecule has 0 saturated heterocycles. The molecule has 146 valence electrons. The van der Waals surface area contributed by atoms with E-state index in [1.807, 2.05) is 22.9 Å². The van der Waals surface area contributed by atoms with Gasteiger partial charge in [0, 0.05) is 42.0 Å². The van der Waals surface area contributed by atoms with Crippen LogP contribution in [0.25, 0.3) is 10.9 Å². The van der Waals surface area contributed by atoms with Crippen LogP contribution in [0.4, 0.5) is 18.9 Å². The van der Waals surface area contributed by atoms with Gasteiger partial charge in [0.1, 0.15) is 0 Å². The number of alkyl halides is 3. The number of fused-ring (bicyclic) bond motifs is 1. The quantitative estimate of drug-likeness (QED) is 0.606. The zero-order chi connectivity index (χ0) is 20.3. The van der Waals surface area contributed by atoms with Crippen molar-refractivity contribution in [2.45, 2.75) is 19.3 Å². The first-order valence-corrected chi connectivity index (χ1v) is 8.52. The lowest BCUT2D eigenvalue weighted by atomic mass is 10.1. The van der Waals surface area contributed by atoms with Crippen molar-refractivity contribution >= 4 is 22.5 Å². The highest BCUT2D eigenvalue weighted by Crippen LogP contribution is 2.31. The third kappa shape index (κ3) is 4.26. The van der Waals surface area contributed by atoms with E-state index in [9.17, 15) is 18.0 Å². The summed E-state index contributed by atoms with van der Waals surface area (Å²) in [5.74, 6) is -0.323. The molecule has 4 nitrogen and oxygen atoms in total. The summed E-state index contributed by atoms with van der Waals surface area (Å²) in [4.78, 5) is 11.5. The molecule has 7 heteroatoms. The number of rotatable bonds is 6. The van der Waals surface area contributed by atoms with Crippen LogP contribution in [-0.2, 0) is 28.9 Å². The van der Waals surface area contributed by atoms with Crippen molar-refractivity contribution < 1.29 is 22.7 Å². The van der Waals surface area contributed by atoms with Crippen LogP contribution in [0, 0.1) is 0 Å². The Morgan fingerprint density at radius 3 is 2.71 bits per heavy atom. The maximum atomic E-state index is 13.0. The Balaban J connectivity index is 1.99. The van der Waals surface area contributed by atoms with E-state index in [4.69, 9.17) is 4.74 Å². The summed E-state index contributed by atoms with van der Waals surface area (Å²) >= 11 is 0. The molecular formula is C21H19F3N2O2. The van der Waals surface area contributed by atoms with E-state index in [-0.39, 0.29) is 12.5 Å². The molecule has 0 fully saturated rings. The normalized spacial score (nSPS) is 11.6. The number of anilines is 1. The molecule has 0 aliphatic rings. The molecule has 2 aromatic carbocycles. The number of amides is 1. The highest BCUT2D eigenvalue weighted by atomic mass is 19.4. The number of nitrogens with one attached hydrogen (secondary N) is 1. The Labute approximate surface area is 160 Å². The molecule has 0 radical (unpaired) electrons. The maximum absolute atomic E-state index is 13.0. The van der Waals surface area contributed by atoms with Crippen LogP contribution in [0.3, 0.4) is 0 Å². The Hall–Kier alpha value is -3.06. The summed E-state index contributed by atoms with van der Waals surface area (Å²) in [6.45, 7) is 4.04. The van der Waals surface area contributed by atoms with Crippen LogP contribution in [0.5, 0.6) is 0 Å². The summed E-state index contributed by atoms with van der Waals surface area (Å²) in [6.07, 6.45) is -1.35. The molecule has 1 aromatic heterocycles. The average Bonchev–Trinajstić information content (AvgIpc) is 2.98. The lowest BCUT2D eigenvalue weighted by molar-refractivity contribution is -0.137. The molecule has 0 aliphatic carbocycles. The highest BCUT2D eigenvalue weighted by Gasteiger charge is 2.30. The van der Waals surface area contributed by atoms with Gasteiger partial charge in [-0.05, 0) is 42.0 Å². The van der Waals surface area contributed by atoms with Gasteiger partial charge in [0.15, 0.2) is 0 Å². The smallest absolute Gasteiger partial charge is 0.380 e. The number of hydrogen-bond acceptors (Lipinski definition) is 2. The second kappa shape index (κ2) is 7.90. The number of halogens is 3. The fourth-order valence-electron chi connectivity index (χ4n) is 3.09. The molecule has 0 atom stereocenters. The molecule has 0 spiro atoms. The van der Waals surface area contributed by atoms with E-state index in [2.05, 4.69) is 11.9 Å². The van der Waals surface area contributed by atoms with Gasteiger partial charge in [-0.15, -0.1) is 0 Å². The molecule has 3 aromatic rings. The van der Waals surface area contributed by atoms with E-state index in [0.29, 0.717) is 17.9 Å². The summed E-state index contributed by atoms with van der Waals surface area (Å²) in [7, 11) is 1.57.